The van der Waals surface area contributed by atoms with Gasteiger partial charge in [0, 0.05) is 35.8 Å². The van der Waals surface area contributed by atoms with Crippen LogP contribution in [0.5, 0.6) is 0 Å². The Kier molecular flexibility index (Phi) is 5.70. The molecular weight excluding hydrogens is 389 g/mol. The number of pyridine rings is 1. The molecule has 0 bridgehead atoms. The maximum absolute atomic E-state index is 15.1. The molecule has 1 aromatic heterocycles. The van der Waals surface area contributed by atoms with Gasteiger partial charge in [-0.1, -0.05) is 35.0 Å². The number of alkyl halides is 1. The van der Waals surface area contributed by atoms with Crippen molar-refractivity contribution in [3.63, 3.8) is 0 Å². The Labute approximate surface area is 180 Å². The van der Waals surface area contributed by atoms with Crippen molar-refractivity contribution in [2.75, 3.05) is 7.05 Å². The first-order valence-corrected chi connectivity index (χ1v) is 10.2. The van der Waals surface area contributed by atoms with Gasteiger partial charge in [0.25, 0.3) is 0 Å². The van der Waals surface area contributed by atoms with E-state index in [9.17, 15) is 4.79 Å². The molecular formula is C26H23FN3O+. The Morgan fingerprint density at radius 1 is 1.16 bits per heavy atom. The van der Waals surface area contributed by atoms with E-state index in [2.05, 4.69) is 14.6 Å². The third-order valence-corrected chi connectivity index (χ3v) is 5.54. The summed E-state index contributed by atoms with van der Waals surface area (Å²) in [5, 5.41) is 0.913. The summed E-state index contributed by atoms with van der Waals surface area (Å²) in [5.41, 5.74) is 5.01. The van der Waals surface area contributed by atoms with Crippen molar-refractivity contribution >= 4 is 33.8 Å². The van der Waals surface area contributed by atoms with Crippen LogP contribution >= 0.6 is 0 Å². The molecule has 2 heterocycles. The fraction of sp³-hybridized carbons (Fsp3) is 0.192. The maximum atomic E-state index is 15.1. The number of hydrogen-bond donors (Lipinski definition) is 0. The van der Waals surface area contributed by atoms with E-state index in [0.717, 1.165) is 27.9 Å². The molecule has 0 saturated carbocycles. The zero-order valence-corrected chi connectivity index (χ0v) is 17.7. The SMILES string of the molecule is CN=C(/C=C\C1=[N+]=C(C(F)c2ccc3ncccc3c2)C1C)c1cccc(C(C)=O)c1. The number of Topliss-reactive ketones (excluding diaryl/α,β-unsaturated/α-hetero) is 1. The molecule has 0 fully saturated rings. The van der Waals surface area contributed by atoms with Crippen LogP contribution in [0.2, 0.25) is 0 Å². The Hall–Kier alpha value is -3.69. The summed E-state index contributed by atoms with van der Waals surface area (Å²) < 4.78 is 19.6. The van der Waals surface area contributed by atoms with Crippen LogP contribution in [-0.4, -0.2) is 34.9 Å². The monoisotopic (exact) mass is 412 g/mol. The van der Waals surface area contributed by atoms with Crippen LogP contribution in [0.4, 0.5) is 4.39 Å². The molecule has 0 spiro atoms. The summed E-state index contributed by atoms with van der Waals surface area (Å²) in [6, 6.07) is 16.6. The second-order valence-electron chi connectivity index (χ2n) is 7.58. The molecule has 4 nitrogen and oxygen atoms in total. The maximum Gasteiger partial charge on any atom is 0.333 e. The quantitative estimate of drug-likeness (QED) is 0.334. The Morgan fingerprint density at radius 2 is 1.97 bits per heavy atom. The van der Waals surface area contributed by atoms with Crippen LogP contribution in [0, 0.1) is 5.92 Å². The lowest BCUT2D eigenvalue weighted by Crippen LogP contribution is -2.37. The van der Waals surface area contributed by atoms with Gasteiger partial charge in [0.05, 0.1) is 11.2 Å². The molecule has 5 heteroatoms. The number of aromatic nitrogens is 1. The molecule has 0 amide bonds. The van der Waals surface area contributed by atoms with Gasteiger partial charge >= 0.3 is 11.4 Å². The van der Waals surface area contributed by atoms with Crippen molar-refractivity contribution in [3.8, 4) is 0 Å². The summed E-state index contributed by atoms with van der Waals surface area (Å²) in [6.07, 6.45) is 4.21. The van der Waals surface area contributed by atoms with E-state index in [4.69, 9.17) is 0 Å². The largest absolute Gasteiger partial charge is 0.333 e. The van der Waals surface area contributed by atoms with Crippen LogP contribution in [0.1, 0.15) is 41.5 Å². The normalized spacial score (nSPS) is 17.3. The molecule has 0 radical (unpaired) electrons. The highest BCUT2D eigenvalue weighted by atomic mass is 19.1. The van der Waals surface area contributed by atoms with Crippen molar-refractivity contribution in [1.82, 2.24) is 9.65 Å². The molecule has 2 atom stereocenters. The zero-order valence-electron chi connectivity index (χ0n) is 17.7. The van der Waals surface area contributed by atoms with Crippen molar-refractivity contribution in [2.45, 2.75) is 20.0 Å². The first-order valence-electron chi connectivity index (χ1n) is 10.2. The third kappa shape index (κ3) is 4.14. The number of aliphatic imine (C=N–C) groups is 1. The average Bonchev–Trinajstić information content (AvgIpc) is 2.80. The topological polar surface area (TPSA) is 56.4 Å². The Bertz CT molecular complexity index is 1300. The summed E-state index contributed by atoms with van der Waals surface area (Å²) in [6.45, 7) is 3.50. The summed E-state index contributed by atoms with van der Waals surface area (Å²) >= 11 is 0. The molecule has 154 valence electrons. The minimum atomic E-state index is -1.25. The minimum absolute atomic E-state index is 0.0102. The van der Waals surface area contributed by atoms with E-state index in [0.29, 0.717) is 16.8 Å². The highest BCUT2D eigenvalue weighted by molar-refractivity contribution is 6.23. The number of carbonyl (C=O) groups excluding carboxylic acids is 1. The molecule has 31 heavy (non-hydrogen) atoms. The van der Waals surface area contributed by atoms with Crippen molar-refractivity contribution in [2.24, 2.45) is 10.9 Å². The molecule has 0 N–H and O–H groups in total. The minimum Gasteiger partial charge on any atom is -0.295 e. The number of fused-ring (bicyclic) bond motifs is 1. The van der Waals surface area contributed by atoms with Gasteiger partial charge in [-0.25, -0.2) is 4.39 Å². The predicted octanol–water partition coefficient (Wildman–Crippen LogP) is 4.72. The summed E-state index contributed by atoms with van der Waals surface area (Å²) in [7, 11) is 1.70. The highest BCUT2D eigenvalue weighted by Crippen LogP contribution is 2.27. The van der Waals surface area contributed by atoms with Crippen LogP contribution in [-0.2, 0) is 0 Å². The number of benzene rings is 2. The Morgan fingerprint density at radius 3 is 2.71 bits per heavy atom. The fourth-order valence-corrected chi connectivity index (χ4v) is 3.67. The smallest absolute Gasteiger partial charge is 0.295 e. The Balaban J connectivity index is 1.57. The highest BCUT2D eigenvalue weighted by Gasteiger charge is 2.44. The van der Waals surface area contributed by atoms with Crippen LogP contribution in [0.25, 0.3) is 10.9 Å². The van der Waals surface area contributed by atoms with Crippen LogP contribution in [0.3, 0.4) is 0 Å². The van der Waals surface area contributed by atoms with Gasteiger partial charge in [0.15, 0.2) is 11.7 Å². The van der Waals surface area contributed by atoms with E-state index in [-0.39, 0.29) is 11.7 Å². The molecule has 1 aliphatic rings. The van der Waals surface area contributed by atoms with E-state index in [1.807, 2.05) is 61.5 Å². The lowest BCUT2D eigenvalue weighted by atomic mass is 9.88. The van der Waals surface area contributed by atoms with Gasteiger partial charge in [0.2, 0.25) is 6.17 Å². The van der Waals surface area contributed by atoms with E-state index in [1.165, 1.54) is 0 Å². The number of ketones is 1. The third-order valence-electron chi connectivity index (χ3n) is 5.54. The molecule has 3 aromatic rings. The fourth-order valence-electron chi connectivity index (χ4n) is 3.67. The van der Waals surface area contributed by atoms with E-state index >= 15 is 4.39 Å². The molecule has 2 unspecified atom stereocenters. The molecule has 0 saturated heterocycles. The first-order chi connectivity index (χ1) is 15.0. The number of allylic oxidation sites excluding steroid dienone is 2. The van der Waals surface area contributed by atoms with Crippen molar-refractivity contribution in [1.29, 1.82) is 0 Å². The summed E-state index contributed by atoms with van der Waals surface area (Å²) in [5.74, 6) is -0.0755. The number of halogens is 1. The molecule has 1 aliphatic heterocycles. The molecule has 0 aliphatic carbocycles. The van der Waals surface area contributed by atoms with Gasteiger partial charge < -0.3 is 0 Å². The van der Waals surface area contributed by atoms with Gasteiger partial charge in [-0.05, 0) is 49.8 Å². The first kappa shape index (κ1) is 20.6. The standard InChI is InChI=1S/C26H23FN3O/c1-16-22(11-12-23(28-3)19-7-4-6-18(14-19)17(2)31)30-26(16)25(27)21-9-10-24-20(15-21)8-5-13-29-24/h4-16,25H,1-3H3/q+1/b12-11-,28-23?. The second kappa shape index (κ2) is 8.58. The van der Waals surface area contributed by atoms with Gasteiger partial charge in [-0.15, -0.1) is 0 Å². The van der Waals surface area contributed by atoms with Crippen LogP contribution < -0.4 is 4.67 Å². The second-order valence-corrected chi connectivity index (χ2v) is 7.58. The van der Waals surface area contributed by atoms with Gasteiger partial charge in [-0.3, -0.25) is 14.8 Å². The lowest BCUT2D eigenvalue weighted by Gasteiger charge is -2.12. The molecule has 2 aromatic carbocycles. The number of carbonyl (C=O) groups is 1. The number of rotatable bonds is 6. The zero-order chi connectivity index (χ0) is 22.0. The van der Waals surface area contributed by atoms with Gasteiger partial charge in [0.1, 0.15) is 0 Å². The van der Waals surface area contributed by atoms with E-state index < -0.39 is 6.17 Å². The lowest BCUT2D eigenvalue weighted by molar-refractivity contribution is 0.101. The molecule has 4 rings (SSSR count). The predicted molar refractivity (Wildman–Crippen MR) is 125 cm³/mol. The van der Waals surface area contributed by atoms with Crippen molar-refractivity contribution < 1.29 is 9.18 Å². The van der Waals surface area contributed by atoms with Crippen molar-refractivity contribution in [3.05, 3.63) is 89.6 Å². The average molecular weight is 412 g/mol. The number of hydrogen-bond acceptors (Lipinski definition) is 3. The summed E-state index contributed by atoms with van der Waals surface area (Å²) in [4.78, 5) is 20.2. The van der Waals surface area contributed by atoms with Gasteiger partial charge in [-0.2, -0.15) is 0 Å². The van der Waals surface area contributed by atoms with Crippen LogP contribution in [0.15, 0.2) is 77.9 Å². The number of nitrogens with zero attached hydrogens (tertiary/aromatic N) is 3. The van der Waals surface area contributed by atoms with E-state index in [1.54, 1.807) is 32.3 Å².